The number of thiophene rings is 1. The van der Waals surface area contributed by atoms with Gasteiger partial charge in [0.25, 0.3) is 0 Å². The Morgan fingerprint density at radius 1 is 1.03 bits per heavy atom. The lowest BCUT2D eigenvalue weighted by atomic mass is 10.0. The van der Waals surface area contributed by atoms with E-state index in [2.05, 4.69) is 0 Å². The zero-order valence-corrected chi connectivity index (χ0v) is 20.6. The number of hydrogen-bond donors (Lipinski definition) is 0. The van der Waals surface area contributed by atoms with E-state index >= 15 is 0 Å². The lowest BCUT2D eigenvalue weighted by Crippen LogP contribution is -2.39. The molecule has 8 heteroatoms. The van der Waals surface area contributed by atoms with Gasteiger partial charge in [-0.1, -0.05) is 6.07 Å². The topological polar surface area (TPSA) is 52.6 Å². The van der Waals surface area contributed by atoms with Crippen LogP contribution in [0.4, 0.5) is 13.2 Å². The summed E-state index contributed by atoms with van der Waals surface area (Å²) in [6.45, 7) is 8.87. The van der Waals surface area contributed by atoms with Crippen LogP contribution in [0.15, 0.2) is 36.4 Å². The van der Waals surface area contributed by atoms with Crippen LogP contribution in [0.2, 0.25) is 0 Å². The van der Waals surface area contributed by atoms with E-state index in [0.717, 1.165) is 28.0 Å². The van der Waals surface area contributed by atoms with Crippen LogP contribution in [0.25, 0.3) is 10.1 Å². The molecule has 0 bridgehead atoms. The summed E-state index contributed by atoms with van der Waals surface area (Å²) >= 11 is 1.29. The molecular weight excluding hydrogens is 465 g/mol. The third-order valence-corrected chi connectivity index (χ3v) is 6.89. The molecule has 1 heterocycles. The van der Waals surface area contributed by atoms with Gasteiger partial charge in [-0.3, -0.25) is 4.79 Å². The third-order valence-electron chi connectivity index (χ3n) is 5.57. The molecule has 0 radical (unpaired) electrons. The zero-order valence-electron chi connectivity index (χ0n) is 19.8. The van der Waals surface area contributed by atoms with Crippen LogP contribution >= 0.6 is 11.3 Å². The number of hydrogen-bond acceptors (Lipinski definition) is 5. The van der Waals surface area contributed by atoms with E-state index < -0.39 is 23.3 Å². The molecule has 4 nitrogen and oxygen atoms in total. The van der Waals surface area contributed by atoms with E-state index in [-0.39, 0.29) is 18.8 Å². The molecule has 2 aromatic carbocycles. The first kappa shape index (κ1) is 25.7. The van der Waals surface area contributed by atoms with Crippen molar-refractivity contribution in [3.63, 3.8) is 0 Å². The summed E-state index contributed by atoms with van der Waals surface area (Å²) in [5.74, 6) is -0.0711. The first-order valence-electron chi connectivity index (χ1n) is 10.9. The monoisotopic (exact) mass is 492 g/mol. The maximum absolute atomic E-state index is 13.0. The summed E-state index contributed by atoms with van der Waals surface area (Å²) < 4.78 is 50.5. The Hall–Kier alpha value is -2.87. The molecule has 0 unspecified atom stereocenters. The summed E-state index contributed by atoms with van der Waals surface area (Å²) in [5, 5.41) is 0.780. The van der Waals surface area contributed by atoms with Crippen molar-refractivity contribution >= 4 is 33.2 Å². The molecule has 0 saturated carbocycles. The molecule has 0 aliphatic heterocycles. The first-order chi connectivity index (χ1) is 15.8. The lowest BCUT2D eigenvalue weighted by molar-refractivity contribution is -0.158. The largest absolute Gasteiger partial charge is 0.476 e. The molecule has 0 spiro atoms. The second kappa shape index (κ2) is 9.78. The number of benzene rings is 2. The highest BCUT2D eigenvalue weighted by Crippen LogP contribution is 2.37. The van der Waals surface area contributed by atoms with E-state index in [0.29, 0.717) is 28.0 Å². The van der Waals surface area contributed by atoms with E-state index in [1.165, 1.54) is 17.4 Å². The Kier molecular flexibility index (Phi) is 7.41. The summed E-state index contributed by atoms with van der Waals surface area (Å²) in [5.41, 5.74) is 0.282. The minimum atomic E-state index is -4.39. The molecule has 3 aromatic rings. The first-order valence-corrected chi connectivity index (χ1v) is 11.7. The minimum Gasteiger partial charge on any atom is -0.476 e. The van der Waals surface area contributed by atoms with Crippen molar-refractivity contribution in [2.24, 2.45) is 0 Å². The van der Waals surface area contributed by atoms with Crippen LogP contribution in [0.3, 0.4) is 0 Å². The molecule has 0 fully saturated rings. The number of ether oxygens (including phenoxy) is 2. The van der Waals surface area contributed by atoms with Gasteiger partial charge >= 0.3 is 12.1 Å². The molecule has 0 amide bonds. The molecular formula is C26H27F3O4S. The van der Waals surface area contributed by atoms with Crippen LogP contribution in [-0.4, -0.2) is 24.0 Å². The summed E-state index contributed by atoms with van der Waals surface area (Å²) in [7, 11) is 0. The van der Waals surface area contributed by atoms with Crippen molar-refractivity contribution in [2.45, 2.75) is 59.2 Å². The quantitative estimate of drug-likeness (QED) is 0.249. The average Bonchev–Trinajstić information content (AvgIpc) is 3.08. The van der Waals surface area contributed by atoms with Crippen molar-refractivity contribution in [1.82, 2.24) is 0 Å². The molecule has 1 aromatic heterocycles. The number of fused-ring (bicyclic) bond motifs is 1. The zero-order chi connectivity index (χ0) is 25.3. The Morgan fingerprint density at radius 3 is 2.35 bits per heavy atom. The van der Waals surface area contributed by atoms with E-state index in [4.69, 9.17) is 9.47 Å². The summed E-state index contributed by atoms with van der Waals surface area (Å²) in [6, 6.07) is 8.78. The fourth-order valence-electron chi connectivity index (χ4n) is 3.62. The minimum absolute atomic E-state index is 0.0767. The fourth-order valence-corrected chi connectivity index (χ4v) is 4.87. The van der Waals surface area contributed by atoms with Gasteiger partial charge < -0.3 is 9.47 Å². The molecule has 0 aliphatic carbocycles. The maximum Gasteiger partial charge on any atom is 0.416 e. The van der Waals surface area contributed by atoms with Gasteiger partial charge in [-0.2, -0.15) is 13.2 Å². The molecule has 0 aliphatic rings. The Labute approximate surface area is 200 Å². The van der Waals surface area contributed by atoms with Crippen molar-refractivity contribution in [2.75, 3.05) is 6.61 Å². The Morgan fingerprint density at radius 2 is 1.74 bits per heavy atom. The average molecular weight is 493 g/mol. The third kappa shape index (κ3) is 5.60. The van der Waals surface area contributed by atoms with Gasteiger partial charge in [0.15, 0.2) is 11.4 Å². The second-order valence-electron chi connectivity index (χ2n) is 8.60. The van der Waals surface area contributed by atoms with Crippen LogP contribution < -0.4 is 4.74 Å². The smallest absolute Gasteiger partial charge is 0.416 e. The van der Waals surface area contributed by atoms with Crippen LogP contribution in [0, 0.1) is 13.8 Å². The highest BCUT2D eigenvalue weighted by Gasteiger charge is 2.32. The second-order valence-corrected chi connectivity index (χ2v) is 9.73. The number of aryl methyl sites for hydroxylation is 3. The van der Waals surface area contributed by atoms with Crippen LogP contribution in [0.1, 0.15) is 59.1 Å². The Balaban J connectivity index is 1.71. The van der Waals surface area contributed by atoms with Crippen LogP contribution in [-0.2, 0) is 22.1 Å². The molecule has 0 saturated heterocycles. The number of halogens is 3. The number of rotatable bonds is 8. The van der Waals surface area contributed by atoms with Crippen LogP contribution in [0.5, 0.6) is 5.75 Å². The number of ketones is 1. The van der Waals surface area contributed by atoms with Crippen molar-refractivity contribution in [3.05, 3.63) is 63.5 Å². The summed E-state index contributed by atoms with van der Waals surface area (Å²) in [4.78, 5) is 25.8. The molecule has 0 atom stereocenters. The SMILES string of the molecule is CCOC(=O)C(C)(C)Oc1ccc(C(=O)CCc2sc3cc(C(F)(F)F)ccc3c2C)cc1C. The fraction of sp³-hybridized carbons (Fsp3) is 0.385. The predicted molar refractivity (Wildman–Crippen MR) is 127 cm³/mol. The van der Waals surface area contributed by atoms with Crippen molar-refractivity contribution < 1.29 is 32.2 Å². The standard InChI is InChI=1S/C26H27F3O4S/c1-6-32-24(31)25(4,5)33-21-11-7-17(13-15(21)2)20(30)10-12-22-16(3)19-9-8-18(26(27,28)29)14-23(19)34-22/h7-9,11,13-14H,6,10,12H2,1-5H3. The van der Waals surface area contributed by atoms with Gasteiger partial charge in [-0.15, -0.1) is 11.3 Å². The van der Waals surface area contributed by atoms with Gasteiger partial charge in [0.1, 0.15) is 5.75 Å². The molecule has 34 heavy (non-hydrogen) atoms. The number of carbonyl (C=O) groups is 2. The van der Waals surface area contributed by atoms with Gasteiger partial charge in [-0.05, 0) is 87.9 Å². The van der Waals surface area contributed by atoms with Crippen molar-refractivity contribution in [3.8, 4) is 5.75 Å². The van der Waals surface area contributed by atoms with E-state index in [1.54, 1.807) is 45.9 Å². The van der Waals surface area contributed by atoms with Crippen molar-refractivity contribution in [1.29, 1.82) is 0 Å². The predicted octanol–water partition coefficient (Wildman–Crippen LogP) is 7.07. The normalized spacial score (nSPS) is 12.1. The molecule has 0 N–H and O–H groups in total. The Bertz CT molecular complexity index is 1220. The maximum atomic E-state index is 13.0. The lowest BCUT2D eigenvalue weighted by Gasteiger charge is -2.25. The highest BCUT2D eigenvalue weighted by atomic mass is 32.1. The van der Waals surface area contributed by atoms with Gasteiger partial charge in [0.05, 0.1) is 12.2 Å². The van der Waals surface area contributed by atoms with Gasteiger partial charge in [-0.25, -0.2) is 4.79 Å². The van der Waals surface area contributed by atoms with Gasteiger partial charge in [0, 0.05) is 21.6 Å². The molecule has 3 rings (SSSR count). The number of carbonyl (C=O) groups excluding carboxylic acids is 2. The number of alkyl halides is 3. The van der Waals surface area contributed by atoms with Gasteiger partial charge in [0.2, 0.25) is 0 Å². The number of esters is 1. The highest BCUT2D eigenvalue weighted by molar-refractivity contribution is 7.19. The molecule has 182 valence electrons. The van der Waals surface area contributed by atoms with E-state index in [1.807, 2.05) is 6.92 Å². The van der Waals surface area contributed by atoms with E-state index in [9.17, 15) is 22.8 Å². The number of Topliss-reactive ketones (excluding diaryl/α,β-unsaturated/α-hetero) is 1. The summed E-state index contributed by atoms with van der Waals surface area (Å²) in [6.07, 6.45) is -3.71.